The Bertz CT molecular complexity index is 463. The summed E-state index contributed by atoms with van der Waals surface area (Å²) in [6.07, 6.45) is 7.79. The van der Waals surface area contributed by atoms with Gasteiger partial charge < -0.3 is 5.32 Å². The highest BCUT2D eigenvalue weighted by Gasteiger charge is 2.26. The lowest BCUT2D eigenvalue weighted by atomic mass is 9.87. The topological polar surface area (TPSA) is 12.0 Å². The highest BCUT2D eigenvalue weighted by atomic mass is 14.9. The Balaban J connectivity index is 0.000000615. The molecule has 0 radical (unpaired) electrons. The lowest BCUT2D eigenvalue weighted by molar-refractivity contribution is 0.455. The van der Waals surface area contributed by atoms with Crippen LogP contribution in [0.25, 0.3) is 0 Å². The van der Waals surface area contributed by atoms with Crippen LogP contribution >= 0.6 is 0 Å². The van der Waals surface area contributed by atoms with Crippen molar-refractivity contribution >= 4 is 0 Å². The predicted molar refractivity (Wildman–Crippen MR) is 104 cm³/mol. The normalized spacial score (nSPS) is 25.2. The summed E-state index contributed by atoms with van der Waals surface area (Å²) in [4.78, 5) is 0. The molecule has 0 saturated heterocycles. The minimum Gasteiger partial charge on any atom is -0.382 e. The van der Waals surface area contributed by atoms with Gasteiger partial charge in [0.2, 0.25) is 0 Å². The summed E-state index contributed by atoms with van der Waals surface area (Å²) in [6.45, 7) is 14.7. The van der Waals surface area contributed by atoms with Crippen LogP contribution in [0.5, 0.6) is 0 Å². The Kier molecular flexibility index (Phi) is 9.06. The molecule has 130 valence electrons. The van der Waals surface area contributed by atoms with Gasteiger partial charge >= 0.3 is 0 Å². The molecule has 0 amide bonds. The van der Waals surface area contributed by atoms with Crippen molar-refractivity contribution in [3.05, 3.63) is 47.7 Å². The van der Waals surface area contributed by atoms with E-state index in [-0.39, 0.29) is 0 Å². The van der Waals surface area contributed by atoms with Crippen molar-refractivity contribution in [1.82, 2.24) is 5.32 Å². The van der Waals surface area contributed by atoms with Crippen molar-refractivity contribution in [1.29, 1.82) is 0 Å². The quantitative estimate of drug-likeness (QED) is 0.658. The third-order valence-electron chi connectivity index (χ3n) is 4.92. The molecule has 1 saturated carbocycles. The zero-order chi connectivity index (χ0) is 17.2. The molecule has 3 rings (SSSR count). The van der Waals surface area contributed by atoms with E-state index in [1.54, 1.807) is 0 Å². The molecule has 2 aliphatic rings. The van der Waals surface area contributed by atoms with E-state index < -0.39 is 0 Å². The molecule has 2 aliphatic carbocycles. The van der Waals surface area contributed by atoms with Crippen LogP contribution in [0.4, 0.5) is 0 Å². The van der Waals surface area contributed by atoms with Crippen molar-refractivity contribution < 1.29 is 0 Å². The van der Waals surface area contributed by atoms with Crippen LogP contribution in [0.1, 0.15) is 83.9 Å². The highest BCUT2D eigenvalue weighted by molar-refractivity contribution is 5.32. The Labute approximate surface area is 144 Å². The second kappa shape index (κ2) is 10.5. The second-order valence-electron chi connectivity index (χ2n) is 6.43. The number of nitrogens with one attached hydrogen (secondary N) is 1. The second-order valence-corrected chi connectivity index (χ2v) is 6.43. The first-order valence-electron chi connectivity index (χ1n) is 9.77. The van der Waals surface area contributed by atoms with E-state index in [0.717, 1.165) is 5.92 Å². The van der Waals surface area contributed by atoms with Crippen LogP contribution in [0.3, 0.4) is 0 Å². The Morgan fingerprint density at radius 3 is 2.39 bits per heavy atom. The van der Waals surface area contributed by atoms with Gasteiger partial charge in [0.1, 0.15) is 0 Å². The molecule has 0 bridgehead atoms. The summed E-state index contributed by atoms with van der Waals surface area (Å²) in [5, 5.41) is 3.74. The summed E-state index contributed by atoms with van der Waals surface area (Å²) in [7, 11) is 0. The molecule has 3 unspecified atom stereocenters. The molecule has 1 fully saturated rings. The van der Waals surface area contributed by atoms with Gasteiger partial charge in [0.15, 0.2) is 0 Å². The molecule has 0 spiro atoms. The van der Waals surface area contributed by atoms with E-state index in [4.69, 9.17) is 0 Å². The number of allylic oxidation sites excluding steroid dienone is 1. The average Bonchev–Trinajstić information content (AvgIpc) is 3.05. The lowest BCUT2D eigenvalue weighted by Crippen LogP contribution is -2.27. The monoisotopic (exact) mass is 315 g/mol. The van der Waals surface area contributed by atoms with Gasteiger partial charge in [0, 0.05) is 5.70 Å². The van der Waals surface area contributed by atoms with Gasteiger partial charge in [0.05, 0.1) is 6.04 Å². The van der Waals surface area contributed by atoms with Gasteiger partial charge in [-0.25, -0.2) is 0 Å². The van der Waals surface area contributed by atoms with Crippen molar-refractivity contribution in [3.63, 3.8) is 0 Å². The molecular formula is C22H37N. The number of hydrogen-bond acceptors (Lipinski definition) is 1. The van der Waals surface area contributed by atoms with E-state index in [1.807, 2.05) is 27.7 Å². The molecule has 0 heterocycles. The Hall–Kier alpha value is -1.24. The maximum Gasteiger partial charge on any atom is 0.0513 e. The molecule has 1 nitrogen and oxygen atoms in total. The van der Waals surface area contributed by atoms with Crippen LogP contribution in [0, 0.1) is 11.8 Å². The summed E-state index contributed by atoms with van der Waals surface area (Å²) < 4.78 is 0. The van der Waals surface area contributed by atoms with E-state index in [1.165, 1.54) is 55.3 Å². The van der Waals surface area contributed by atoms with E-state index in [2.05, 4.69) is 43.1 Å². The Morgan fingerprint density at radius 1 is 1.04 bits per heavy atom. The minimum atomic E-state index is 0.494. The largest absolute Gasteiger partial charge is 0.382 e. The molecule has 0 aliphatic heterocycles. The molecule has 1 aromatic rings. The third-order valence-corrected chi connectivity index (χ3v) is 4.92. The first-order chi connectivity index (χ1) is 11.2. The first kappa shape index (κ1) is 19.8. The molecule has 1 heteroatoms. The maximum atomic E-state index is 4.33. The zero-order valence-corrected chi connectivity index (χ0v) is 16.0. The fourth-order valence-electron chi connectivity index (χ4n) is 3.77. The molecule has 23 heavy (non-hydrogen) atoms. The van der Waals surface area contributed by atoms with Crippen LogP contribution in [-0.4, -0.2) is 0 Å². The lowest BCUT2D eigenvalue weighted by Gasteiger charge is -2.29. The van der Waals surface area contributed by atoms with Gasteiger partial charge in [-0.05, 0) is 55.1 Å². The van der Waals surface area contributed by atoms with Crippen molar-refractivity contribution in [2.45, 2.75) is 79.2 Å². The van der Waals surface area contributed by atoms with Crippen molar-refractivity contribution in [3.8, 4) is 0 Å². The fourth-order valence-corrected chi connectivity index (χ4v) is 3.77. The molecule has 3 atom stereocenters. The minimum absolute atomic E-state index is 0.494. The number of aryl methyl sites for hydroxylation is 1. The van der Waals surface area contributed by atoms with Crippen LogP contribution in [-0.2, 0) is 6.42 Å². The summed E-state index contributed by atoms with van der Waals surface area (Å²) in [5.74, 6) is 1.58. The molecule has 1 aromatic carbocycles. The molecular weight excluding hydrogens is 278 g/mol. The van der Waals surface area contributed by atoms with Gasteiger partial charge in [-0.1, -0.05) is 71.9 Å². The number of rotatable bonds is 3. The predicted octanol–water partition coefficient (Wildman–Crippen LogP) is 6.66. The standard InChI is InChI=1S/C18H25N.2C2H6/c1-13-10-11-16(12-13)14(2)19-18-9-5-7-15-6-3-4-8-17(15)18;2*1-2/h3-4,6,8,13,16,18-19H,2,5,7,9-12H2,1H3;2*1-2H3. The Morgan fingerprint density at radius 2 is 1.74 bits per heavy atom. The smallest absolute Gasteiger partial charge is 0.0513 e. The van der Waals surface area contributed by atoms with Crippen LogP contribution in [0.2, 0.25) is 0 Å². The number of benzene rings is 1. The van der Waals surface area contributed by atoms with E-state index in [0.29, 0.717) is 12.0 Å². The summed E-state index contributed by atoms with van der Waals surface area (Å²) in [6, 6.07) is 9.39. The molecule has 1 N–H and O–H groups in total. The fraction of sp³-hybridized carbons (Fsp3) is 0.636. The van der Waals surface area contributed by atoms with Gasteiger partial charge in [-0.2, -0.15) is 0 Å². The number of hydrogen-bond donors (Lipinski definition) is 1. The van der Waals surface area contributed by atoms with E-state index in [9.17, 15) is 0 Å². The van der Waals surface area contributed by atoms with E-state index >= 15 is 0 Å². The zero-order valence-electron chi connectivity index (χ0n) is 16.0. The first-order valence-corrected chi connectivity index (χ1v) is 9.77. The van der Waals surface area contributed by atoms with Crippen molar-refractivity contribution in [2.75, 3.05) is 0 Å². The highest BCUT2D eigenvalue weighted by Crippen LogP contribution is 2.36. The summed E-state index contributed by atoms with van der Waals surface area (Å²) in [5.41, 5.74) is 4.31. The summed E-state index contributed by atoms with van der Waals surface area (Å²) >= 11 is 0. The molecule has 0 aromatic heterocycles. The SMILES string of the molecule is C=C(NC1CCCc2ccccc21)C1CCC(C)C1.CC.CC. The average molecular weight is 316 g/mol. The third kappa shape index (κ3) is 5.41. The van der Waals surface area contributed by atoms with Gasteiger partial charge in [-0.3, -0.25) is 0 Å². The van der Waals surface area contributed by atoms with Crippen molar-refractivity contribution in [2.24, 2.45) is 11.8 Å². The van der Waals surface area contributed by atoms with Gasteiger partial charge in [-0.15, -0.1) is 0 Å². The maximum absolute atomic E-state index is 4.33. The van der Waals surface area contributed by atoms with Gasteiger partial charge in [0.25, 0.3) is 0 Å². The van der Waals surface area contributed by atoms with Crippen LogP contribution < -0.4 is 5.32 Å². The number of fused-ring (bicyclic) bond motifs is 1. The van der Waals surface area contributed by atoms with Crippen LogP contribution in [0.15, 0.2) is 36.5 Å².